The largest absolute Gasteiger partial charge is 0.330 e. The number of anilines is 1. The normalized spacial score (nSPS) is 11.5. The molecule has 2 N–H and O–H groups in total. The van der Waals surface area contributed by atoms with Crippen LogP contribution in [0, 0.1) is 0 Å². The average Bonchev–Trinajstić information content (AvgIpc) is 2.48. The minimum atomic E-state index is -0.339. The Kier molecular flexibility index (Phi) is 4.66. The Balaban J connectivity index is 1.99. The quantitative estimate of drug-likeness (QED) is 0.847. The molecular weight excluding hydrogens is 266 g/mol. The zero-order valence-corrected chi connectivity index (χ0v) is 12.0. The number of carbonyl (C=O) groups excluding carboxylic acids is 2. The first-order chi connectivity index (χ1) is 10.1. The molecule has 5 nitrogen and oxygen atoms in total. The van der Waals surface area contributed by atoms with Crippen LogP contribution >= 0.6 is 0 Å². The van der Waals surface area contributed by atoms with Gasteiger partial charge in [0.05, 0.1) is 11.7 Å². The van der Waals surface area contributed by atoms with Crippen LogP contribution < -0.4 is 10.6 Å². The molecular formula is C16H17N3O2. The van der Waals surface area contributed by atoms with E-state index in [1.165, 1.54) is 6.92 Å². The predicted octanol–water partition coefficient (Wildman–Crippen LogP) is 3.17. The van der Waals surface area contributed by atoms with Gasteiger partial charge in [0.2, 0.25) is 0 Å². The number of nitrogens with zero attached hydrogens (tertiary/aromatic N) is 1. The third-order valence-electron chi connectivity index (χ3n) is 3.01. The Morgan fingerprint density at radius 2 is 1.95 bits per heavy atom. The Morgan fingerprint density at radius 3 is 2.62 bits per heavy atom. The van der Waals surface area contributed by atoms with Crippen molar-refractivity contribution in [1.29, 1.82) is 0 Å². The number of carbonyl (C=O) groups is 2. The van der Waals surface area contributed by atoms with E-state index in [0.717, 1.165) is 5.69 Å². The van der Waals surface area contributed by atoms with E-state index >= 15 is 0 Å². The van der Waals surface area contributed by atoms with Crippen molar-refractivity contribution in [2.24, 2.45) is 0 Å². The average molecular weight is 283 g/mol. The molecule has 0 saturated heterocycles. The Bertz CT molecular complexity index is 641. The van der Waals surface area contributed by atoms with E-state index in [4.69, 9.17) is 0 Å². The molecule has 0 aliphatic carbocycles. The minimum Gasteiger partial charge on any atom is -0.330 e. The summed E-state index contributed by atoms with van der Waals surface area (Å²) < 4.78 is 0. The molecule has 0 spiro atoms. The van der Waals surface area contributed by atoms with Gasteiger partial charge in [-0.05, 0) is 38.1 Å². The molecule has 0 fully saturated rings. The van der Waals surface area contributed by atoms with E-state index in [9.17, 15) is 9.59 Å². The standard InChI is InChI=1S/C16H17N3O2/c1-11(15-8-3-4-9-17-15)18-16(21)19-14-7-5-6-13(10-14)12(2)20/h3-11H,1-2H3,(H2,18,19,21). The number of aromatic nitrogens is 1. The number of urea groups is 1. The number of ketones is 1. The SMILES string of the molecule is CC(=O)c1cccc(NC(=O)NC(C)c2ccccn2)c1. The van der Waals surface area contributed by atoms with E-state index in [1.807, 2.05) is 25.1 Å². The van der Waals surface area contributed by atoms with Crippen LogP contribution in [0.1, 0.15) is 35.9 Å². The highest BCUT2D eigenvalue weighted by Gasteiger charge is 2.10. The molecule has 21 heavy (non-hydrogen) atoms. The topological polar surface area (TPSA) is 71.1 Å². The first-order valence-electron chi connectivity index (χ1n) is 6.65. The molecule has 1 heterocycles. The Morgan fingerprint density at radius 1 is 1.14 bits per heavy atom. The summed E-state index contributed by atoms with van der Waals surface area (Å²) >= 11 is 0. The van der Waals surface area contributed by atoms with Gasteiger partial charge in [0.25, 0.3) is 0 Å². The van der Waals surface area contributed by atoms with Gasteiger partial charge >= 0.3 is 6.03 Å². The molecule has 108 valence electrons. The predicted molar refractivity (Wildman–Crippen MR) is 81.3 cm³/mol. The van der Waals surface area contributed by atoms with Gasteiger partial charge in [-0.3, -0.25) is 9.78 Å². The van der Waals surface area contributed by atoms with Crippen molar-refractivity contribution in [2.45, 2.75) is 19.9 Å². The summed E-state index contributed by atoms with van der Waals surface area (Å²) in [4.78, 5) is 27.4. The zero-order valence-electron chi connectivity index (χ0n) is 12.0. The first kappa shape index (κ1) is 14.7. The second-order valence-corrected chi connectivity index (χ2v) is 4.71. The zero-order chi connectivity index (χ0) is 15.2. The second-order valence-electron chi connectivity index (χ2n) is 4.71. The maximum Gasteiger partial charge on any atom is 0.319 e. The number of rotatable bonds is 4. The third kappa shape index (κ3) is 4.14. The van der Waals surface area contributed by atoms with Gasteiger partial charge in [0.15, 0.2) is 5.78 Å². The molecule has 0 saturated carbocycles. The van der Waals surface area contributed by atoms with Crippen LogP contribution in [0.3, 0.4) is 0 Å². The monoisotopic (exact) mass is 283 g/mol. The van der Waals surface area contributed by atoms with Crippen LogP contribution in [-0.4, -0.2) is 16.8 Å². The van der Waals surface area contributed by atoms with Gasteiger partial charge in [-0.25, -0.2) is 4.79 Å². The van der Waals surface area contributed by atoms with Crippen molar-refractivity contribution in [2.75, 3.05) is 5.32 Å². The van der Waals surface area contributed by atoms with Crippen molar-refractivity contribution in [3.05, 3.63) is 59.9 Å². The summed E-state index contributed by atoms with van der Waals surface area (Å²) in [5, 5.41) is 5.50. The van der Waals surface area contributed by atoms with Crippen LogP contribution in [0.5, 0.6) is 0 Å². The van der Waals surface area contributed by atoms with Crippen molar-refractivity contribution < 1.29 is 9.59 Å². The fraction of sp³-hybridized carbons (Fsp3) is 0.188. The minimum absolute atomic E-state index is 0.0408. The summed E-state index contributed by atoms with van der Waals surface area (Å²) in [5.74, 6) is -0.0408. The molecule has 2 rings (SSSR count). The fourth-order valence-corrected chi connectivity index (χ4v) is 1.89. The number of benzene rings is 1. The number of nitrogens with one attached hydrogen (secondary N) is 2. The molecule has 5 heteroatoms. The molecule has 0 radical (unpaired) electrons. The van der Waals surface area contributed by atoms with Crippen LogP contribution in [-0.2, 0) is 0 Å². The lowest BCUT2D eigenvalue weighted by Crippen LogP contribution is -2.31. The van der Waals surface area contributed by atoms with E-state index in [0.29, 0.717) is 11.3 Å². The smallest absolute Gasteiger partial charge is 0.319 e. The maximum absolute atomic E-state index is 11.9. The molecule has 0 aliphatic heterocycles. The molecule has 1 aromatic heterocycles. The van der Waals surface area contributed by atoms with Gasteiger partial charge in [-0.1, -0.05) is 18.2 Å². The van der Waals surface area contributed by atoms with Crippen molar-refractivity contribution in [3.63, 3.8) is 0 Å². The summed E-state index contributed by atoms with van der Waals surface area (Å²) in [6.07, 6.45) is 1.68. The van der Waals surface area contributed by atoms with Gasteiger partial charge in [0, 0.05) is 17.4 Å². The number of amides is 2. The Labute approximate surface area is 123 Å². The summed E-state index contributed by atoms with van der Waals surface area (Å²) in [6.45, 7) is 3.34. The number of hydrogen-bond donors (Lipinski definition) is 2. The van der Waals surface area contributed by atoms with Gasteiger partial charge in [-0.15, -0.1) is 0 Å². The van der Waals surface area contributed by atoms with Gasteiger partial charge < -0.3 is 10.6 Å². The number of Topliss-reactive ketones (excluding diaryl/α,β-unsaturated/α-hetero) is 1. The number of hydrogen-bond acceptors (Lipinski definition) is 3. The molecule has 2 amide bonds. The highest BCUT2D eigenvalue weighted by atomic mass is 16.2. The second kappa shape index (κ2) is 6.65. The third-order valence-corrected chi connectivity index (χ3v) is 3.01. The van der Waals surface area contributed by atoms with Crippen LogP contribution in [0.25, 0.3) is 0 Å². The molecule has 0 bridgehead atoms. The Hall–Kier alpha value is -2.69. The van der Waals surface area contributed by atoms with E-state index in [1.54, 1.807) is 30.5 Å². The molecule has 1 unspecified atom stereocenters. The highest BCUT2D eigenvalue weighted by molar-refractivity contribution is 5.96. The van der Waals surface area contributed by atoms with Crippen molar-refractivity contribution in [1.82, 2.24) is 10.3 Å². The number of pyridine rings is 1. The molecule has 0 aliphatic rings. The summed E-state index contributed by atoms with van der Waals surface area (Å²) in [7, 11) is 0. The van der Waals surface area contributed by atoms with E-state index < -0.39 is 0 Å². The summed E-state index contributed by atoms with van der Waals surface area (Å²) in [6, 6.07) is 11.8. The lowest BCUT2D eigenvalue weighted by Gasteiger charge is -2.14. The van der Waals surface area contributed by atoms with Crippen molar-refractivity contribution in [3.8, 4) is 0 Å². The molecule has 1 aromatic carbocycles. The van der Waals surface area contributed by atoms with E-state index in [2.05, 4.69) is 15.6 Å². The first-order valence-corrected chi connectivity index (χ1v) is 6.65. The lowest BCUT2D eigenvalue weighted by molar-refractivity contribution is 0.101. The van der Waals surface area contributed by atoms with E-state index in [-0.39, 0.29) is 17.9 Å². The molecule has 1 atom stereocenters. The summed E-state index contributed by atoms with van der Waals surface area (Å²) in [5.41, 5.74) is 1.92. The molecule has 2 aromatic rings. The van der Waals surface area contributed by atoms with Crippen molar-refractivity contribution >= 4 is 17.5 Å². The van der Waals surface area contributed by atoms with Gasteiger partial charge in [0.1, 0.15) is 0 Å². The maximum atomic E-state index is 11.9. The fourth-order valence-electron chi connectivity index (χ4n) is 1.89. The lowest BCUT2D eigenvalue weighted by atomic mass is 10.1. The van der Waals surface area contributed by atoms with Crippen LogP contribution in [0.2, 0.25) is 0 Å². The van der Waals surface area contributed by atoms with Crippen LogP contribution in [0.4, 0.5) is 10.5 Å². The highest BCUT2D eigenvalue weighted by Crippen LogP contribution is 2.12. The van der Waals surface area contributed by atoms with Crippen LogP contribution in [0.15, 0.2) is 48.7 Å². The van der Waals surface area contributed by atoms with Gasteiger partial charge in [-0.2, -0.15) is 0 Å².